The molecule has 0 aliphatic carbocycles. The zero-order valence-electron chi connectivity index (χ0n) is 19.3. The van der Waals surface area contributed by atoms with Crippen molar-refractivity contribution in [2.75, 3.05) is 17.7 Å². The van der Waals surface area contributed by atoms with Crippen LogP contribution in [0.3, 0.4) is 0 Å². The molecule has 1 heterocycles. The minimum absolute atomic E-state index is 0.0854. The van der Waals surface area contributed by atoms with Crippen molar-refractivity contribution in [1.29, 1.82) is 0 Å². The number of esters is 1. The second-order valence-electron chi connectivity index (χ2n) is 7.43. The van der Waals surface area contributed by atoms with Crippen LogP contribution in [0.15, 0.2) is 47.4 Å². The normalized spacial score (nSPS) is 11.1. The first-order chi connectivity index (χ1) is 17.0. The first-order valence-corrected chi connectivity index (χ1v) is 12.1. The van der Waals surface area contributed by atoms with E-state index in [4.69, 9.17) is 10.5 Å². The SMILES string of the molecule is CCOC(=O)CCC(=O)NS(=O)(=O)c1ccc(Nc2nc(N)n(C(=O)c3c(C)cccc3F)n2)cc1. The summed E-state index contributed by atoms with van der Waals surface area (Å²) in [6.07, 6.45) is -0.599. The predicted octanol–water partition coefficient (Wildman–Crippen LogP) is 1.89. The van der Waals surface area contributed by atoms with E-state index in [1.807, 2.05) is 4.72 Å². The summed E-state index contributed by atoms with van der Waals surface area (Å²) in [7, 11) is -4.18. The van der Waals surface area contributed by atoms with Crippen LogP contribution in [0.4, 0.5) is 22.0 Å². The van der Waals surface area contributed by atoms with Crippen LogP contribution in [-0.2, 0) is 24.3 Å². The number of hydrogen-bond acceptors (Lipinski definition) is 10. The quantitative estimate of drug-likeness (QED) is 0.355. The van der Waals surface area contributed by atoms with E-state index in [1.165, 1.54) is 30.3 Å². The van der Waals surface area contributed by atoms with Crippen LogP contribution in [0.1, 0.15) is 35.7 Å². The van der Waals surface area contributed by atoms with E-state index in [9.17, 15) is 27.2 Å². The Labute approximate surface area is 205 Å². The van der Waals surface area contributed by atoms with Gasteiger partial charge in [0.25, 0.3) is 15.9 Å². The highest BCUT2D eigenvalue weighted by Gasteiger charge is 2.22. The lowest BCUT2D eigenvalue weighted by Crippen LogP contribution is -2.30. The lowest BCUT2D eigenvalue weighted by atomic mass is 10.1. The largest absolute Gasteiger partial charge is 0.466 e. The molecule has 0 saturated carbocycles. The third kappa shape index (κ3) is 6.21. The maximum absolute atomic E-state index is 14.2. The van der Waals surface area contributed by atoms with Crippen LogP contribution in [0.5, 0.6) is 0 Å². The van der Waals surface area contributed by atoms with Crippen molar-refractivity contribution in [3.63, 3.8) is 0 Å². The molecule has 0 unspecified atom stereocenters. The molecular formula is C22H23FN6O6S. The molecule has 0 atom stereocenters. The van der Waals surface area contributed by atoms with Gasteiger partial charge in [0.1, 0.15) is 5.82 Å². The summed E-state index contributed by atoms with van der Waals surface area (Å²) in [5, 5.41) is 6.72. The zero-order valence-corrected chi connectivity index (χ0v) is 20.1. The van der Waals surface area contributed by atoms with Crippen molar-refractivity contribution in [2.45, 2.75) is 31.6 Å². The van der Waals surface area contributed by atoms with Crippen molar-refractivity contribution >= 4 is 45.4 Å². The highest BCUT2D eigenvalue weighted by atomic mass is 32.2. The molecule has 14 heteroatoms. The van der Waals surface area contributed by atoms with Gasteiger partial charge in [0.05, 0.1) is 23.5 Å². The summed E-state index contributed by atoms with van der Waals surface area (Å²) in [4.78, 5) is 39.7. The first kappa shape index (κ1) is 26.3. The Bertz CT molecular complexity index is 1380. The van der Waals surface area contributed by atoms with Gasteiger partial charge >= 0.3 is 5.97 Å². The van der Waals surface area contributed by atoms with Crippen LogP contribution in [-0.4, -0.2) is 47.6 Å². The molecule has 2 aromatic carbocycles. The summed E-state index contributed by atoms with van der Waals surface area (Å²) < 4.78 is 46.3. The van der Waals surface area contributed by atoms with Crippen LogP contribution in [0.2, 0.25) is 0 Å². The fraction of sp³-hybridized carbons (Fsp3) is 0.227. The Morgan fingerprint density at radius 1 is 1.11 bits per heavy atom. The van der Waals surface area contributed by atoms with Gasteiger partial charge in [0, 0.05) is 12.1 Å². The Hall–Kier alpha value is -4.33. The maximum Gasteiger partial charge on any atom is 0.306 e. The minimum atomic E-state index is -4.18. The highest BCUT2D eigenvalue weighted by Crippen LogP contribution is 2.20. The van der Waals surface area contributed by atoms with Gasteiger partial charge in [0.2, 0.25) is 17.8 Å². The number of aryl methyl sites for hydroxylation is 1. The molecule has 4 N–H and O–H groups in total. The Balaban J connectivity index is 1.68. The highest BCUT2D eigenvalue weighted by molar-refractivity contribution is 7.90. The van der Waals surface area contributed by atoms with E-state index >= 15 is 0 Å². The van der Waals surface area contributed by atoms with E-state index in [1.54, 1.807) is 19.9 Å². The number of nitrogens with two attached hydrogens (primary N) is 1. The van der Waals surface area contributed by atoms with Gasteiger partial charge in [-0.15, -0.1) is 5.10 Å². The number of benzene rings is 2. The molecule has 3 rings (SSSR count). The number of rotatable bonds is 9. The molecule has 1 amide bonds. The van der Waals surface area contributed by atoms with Crippen LogP contribution in [0, 0.1) is 12.7 Å². The van der Waals surface area contributed by atoms with Crippen molar-refractivity contribution in [3.8, 4) is 0 Å². The number of amides is 1. The predicted molar refractivity (Wildman–Crippen MR) is 126 cm³/mol. The molecule has 190 valence electrons. The topological polar surface area (TPSA) is 175 Å². The number of anilines is 3. The molecule has 0 fully saturated rings. The first-order valence-electron chi connectivity index (χ1n) is 10.6. The van der Waals surface area contributed by atoms with Gasteiger partial charge in [-0.3, -0.25) is 14.4 Å². The monoisotopic (exact) mass is 518 g/mol. The van der Waals surface area contributed by atoms with Crippen molar-refractivity contribution < 1.29 is 31.9 Å². The smallest absolute Gasteiger partial charge is 0.306 e. The summed E-state index contributed by atoms with van der Waals surface area (Å²) in [6.45, 7) is 3.34. The van der Waals surface area contributed by atoms with E-state index in [2.05, 4.69) is 15.4 Å². The van der Waals surface area contributed by atoms with Gasteiger partial charge in [-0.25, -0.2) is 17.5 Å². The zero-order chi connectivity index (χ0) is 26.5. The summed E-state index contributed by atoms with van der Waals surface area (Å²) in [5.74, 6) is -3.36. The number of carbonyl (C=O) groups excluding carboxylic acids is 3. The molecule has 36 heavy (non-hydrogen) atoms. The number of sulfonamides is 1. The Morgan fingerprint density at radius 2 is 1.81 bits per heavy atom. The lowest BCUT2D eigenvalue weighted by molar-refractivity contribution is -0.144. The lowest BCUT2D eigenvalue weighted by Gasteiger charge is -2.08. The molecular weight excluding hydrogens is 495 g/mol. The van der Waals surface area contributed by atoms with E-state index < -0.39 is 33.6 Å². The van der Waals surface area contributed by atoms with Crippen molar-refractivity contribution in [3.05, 3.63) is 59.4 Å². The van der Waals surface area contributed by atoms with Crippen LogP contribution in [0.25, 0.3) is 0 Å². The number of aromatic nitrogens is 3. The molecule has 0 aliphatic rings. The molecule has 0 saturated heterocycles. The number of carbonyl (C=O) groups is 3. The van der Waals surface area contributed by atoms with Crippen LogP contribution >= 0.6 is 0 Å². The molecule has 0 bridgehead atoms. The third-order valence-corrected chi connectivity index (χ3v) is 6.18. The fourth-order valence-electron chi connectivity index (χ4n) is 3.09. The van der Waals surface area contributed by atoms with E-state index in [0.29, 0.717) is 11.3 Å². The summed E-state index contributed by atoms with van der Waals surface area (Å²) in [5.41, 5.74) is 6.32. The Morgan fingerprint density at radius 3 is 2.44 bits per heavy atom. The van der Waals surface area contributed by atoms with Crippen LogP contribution < -0.4 is 15.8 Å². The third-order valence-electron chi connectivity index (χ3n) is 4.79. The Kier molecular flexibility index (Phi) is 7.99. The number of nitrogen functional groups attached to an aromatic ring is 1. The number of ether oxygens (including phenoxy) is 1. The van der Waals surface area contributed by atoms with E-state index in [0.717, 1.165) is 10.7 Å². The molecule has 0 radical (unpaired) electrons. The molecule has 0 aliphatic heterocycles. The van der Waals surface area contributed by atoms with Gasteiger partial charge in [-0.1, -0.05) is 12.1 Å². The average molecular weight is 519 g/mol. The van der Waals surface area contributed by atoms with Gasteiger partial charge < -0.3 is 15.8 Å². The van der Waals surface area contributed by atoms with Gasteiger partial charge in [-0.05, 0) is 49.7 Å². The van der Waals surface area contributed by atoms with E-state index in [-0.39, 0.29) is 41.8 Å². The summed E-state index contributed by atoms with van der Waals surface area (Å²) >= 11 is 0. The fourth-order valence-corrected chi connectivity index (χ4v) is 4.10. The minimum Gasteiger partial charge on any atom is -0.466 e. The number of halogens is 1. The molecule has 3 aromatic rings. The standard InChI is InChI=1S/C22H23FN6O6S/c1-3-35-18(31)12-11-17(30)28-36(33,34)15-9-7-14(8-10-15)25-22-26-21(24)29(27-22)20(32)19-13(2)5-4-6-16(19)23/h4-10H,3,11-12H2,1-2H3,(H,28,30)(H3,24,25,26,27). The summed E-state index contributed by atoms with van der Waals surface area (Å²) in [6, 6.07) is 9.37. The van der Waals surface area contributed by atoms with Crippen molar-refractivity contribution in [1.82, 2.24) is 19.5 Å². The number of nitrogens with zero attached hydrogens (tertiary/aromatic N) is 3. The number of nitrogens with one attached hydrogen (secondary N) is 2. The molecule has 1 aromatic heterocycles. The molecule has 0 spiro atoms. The maximum atomic E-state index is 14.2. The van der Waals surface area contributed by atoms with Gasteiger partial charge in [0.15, 0.2) is 0 Å². The number of hydrogen-bond donors (Lipinski definition) is 3. The second-order valence-corrected chi connectivity index (χ2v) is 9.11. The molecule has 12 nitrogen and oxygen atoms in total. The van der Waals surface area contributed by atoms with Crippen molar-refractivity contribution in [2.24, 2.45) is 0 Å². The van der Waals surface area contributed by atoms with Gasteiger partial charge in [-0.2, -0.15) is 9.67 Å². The second kappa shape index (κ2) is 10.9. The average Bonchev–Trinajstić information content (AvgIpc) is 3.17.